The molecular weight excluding hydrogens is 400 g/mol. The molecule has 148 valence electrons. The van der Waals surface area contributed by atoms with Crippen molar-refractivity contribution >= 4 is 22.8 Å². The molecule has 29 heavy (non-hydrogen) atoms. The number of aromatic nitrogens is 3. The first-order valence-corrected chi connectivity index (χ1v) is 9.31. The number of pyridine rings is 1. The van der Waals surface area contributed by atoms with Crippen LogP contribution in [0.3, 0.4) is 0 Å². The number of H-pyrrole nitrogens is 1. The highest BCUT2D eigenvalue weighted by Crippen LogP contribution is 2.32. The molecule has 0 radical (unpaired) electrons. The lowest BCUT2D eigenvalue weighted by atomic mass is 10.1. The van der Waals surface area contributed by atoms with Gasteiger partial charge < -0.3 is 29.0 Å². The standard InChI is InChI=1S/C19H15ClN4O5/c20-11-5-12-17(23-18(11)28-10-3-1-2-9(4-10)6-21)24-19(22-12)29-14-8-27-15-13(25)7-26-16(14)15/h1-5,13-16,25H,7-8H2,(H,22,23,24)/t13-,14-,15?,16?/m1/s1. The Morgan fingerprint density at radius 3 is 2.93 bits per heavy atom. The Bertz CT molecular complexity index is 1110. The van der Waals surface area contributed by atoms with Gasteiger partial charge in [0.25, 0.3) is 6.01 Å². The van der Waals surface area contributed by atoms with Crippen LogP contribution in [0.1, 0.15) is 5.56 Å². The van der Waals surface area contributed by atoms with Crippen molar-refractivity contribution in [2.24, 2.45) is 0 Å². The molecule has 1 aromatic carbocycles. The summed E-state index contributed by atoms with van der Waals surface area (Å²) in [6.07, 6.45) is -1.77. The quantitative estimate of drug-likeness (QED) is 0.666. The monoisotopic (exact) mass is 414 g/mol. The zero-order valence-corrected chi connectivity index (χ0v) is 15.7. The number of benzene rings is 1. The third kappa shape index (κ3) is 3.36. The van der Waals surface area contributed by atoms with Crippen molar-refractivity contribution < 1.29 is 24.1 Å². The van der Waals surface area contributed by atoms with Crippen LogP contribution >= 0.6 is 11.6 Å². The zero-order chi connectivity index (χ0) is 20.0. The molecule has 2 aromatic heterocycles. The van der Waals surface area contributed by atoms with E-state index in [2.05, 4.69) is 21.0 Å². The van der Waals surface area contributed by atoms with Crippen LogP contribution in [0.5, 0.6) is 17.6 Å². The molecule has 2 unspecified atom stereocenters. The topological polar surface area (TPSA) is 123 Å². The van der Waals surface area contributed by atoms with Crippen molar-refractivity contribution in [3.63, 3.8) is 0 Å². The number of nitriles is 1. The Morgan fingerprint density at radius 1 is 1.21 bits per heavy atom. The Labute approximate surface area is 169 Å². The van der Waals surface area contributed by atoms with Gasteiger partial charge in [-0.05, 0) is 24.3 Å². The van der Waals surface area contributed by atoms with Crippen LogP contribution in [0, 0.1) is 11.3 Å². The molecule has 4 atom stereocenters. The number of aromatic amines is 1. The van der Waals surface area contributed by atoms with Gasteiger partial charge in [0.15, 0.2) is 11.8 Å². The second kappa shape index (κ2) is 7.17. The Morgan fingerprint density at radius 2 is 2.07 bits per heavy atom. The first kappa shape index (κ1) is 18.1. The highest BCUT2D eigenvalue weighted by molar-refractivity contribution is 6.32. The van der Waals surface area contributed by atoms with E-state index in [0.717, 1.165) is 0 Å². The van der Waals surface area contributed by atoms with Gasteiger partial charge in [0.1, 0.15) is 29.1 Å². The van der Waals surface area contributed by atoms with Crippen LogP contribution in [-0.4, -0.2) is 57.7 Å². The third-order valence-electron chi connectivity index (χ3n) is 4.80. The molecule has 4 heterocycles. The second-order valence-electron chi connectivity index (χ2n) is 6.75. The largest absolute Gasteiger partial charge is 0.456 e. The summed E-state index contributed by atoms with van der Waals surface area (Å²) in [5.74, 6) is 0.606. The molecule has 2 saturated heterocycles. The van der Waals surface area contributed by atoms with Gasteiger partial charge in [-0.15, -0.1) is 0 Å². The molecule has 10 heteroatoms. The van der Waals surface area contributed by atoms with Crippen molar-refractivity contribution in [2.45, 2.75) is 24.4 Å². The van der Waals surface area contributed by atoms with Crippen molar-refractivity contribution in [1.29, 1.82) is 5.26 Å². The molecular formula is C19H15ClN4O5. The number of hydrogen-bond acceptors (Lipinski definition) is 8. The number of halogens is 1. The molecule has 2 N–H and O–H groups in total. The maximum absolute atomic E-state index is 9.83. The molecule has 5 rings (SSSR count). The lowest BCUT2D eigenvalue weighted by Gasteiger charge is -2.15. The van der Waals surface area contributed by atoms with Gasteiger partial charge in [0, 0.05) is 0 Å². The fraction of sp³-hybridized carbons (Fsp3) is 0.316. The SMILES string of the molecule is N#Cc1cccc(Oc2nc3nc(O[C@@H]4COC5C4OC[C@H]5O)[nH]c3cc2Cl)c1. The first-order chi connectivity index (χ1) is 14.1. The number of nitrogens with one attached hydrogen (secondary N) is 1. The number of ether oxygens (including phenoxy) is 4. The van der Waals surface area contributed by atoms with Gasteiger partial charge in [0.05, 0.1) is 30.4 Å². The van der Waals surface area contributed by atoms with Crippen LogP contribution in [0.15, 0.2) is 30.3 Å². The summed E-state index contributed by atoms with van der Waals surface area (Å²) >= 11 is 6.29. The number of hydrogen-bond donors (Lipinski definition) is 2. The van der Waals surface area contributed by atoms with Crippen LogP contribution in [0.2, 0.25) is 5.02 Å². The molecule has 2 fully saturated rings. The molecule has 2 aliphatic rings. The molecule has 0 spiro atoms. The van der Waals surface area contributed by atoms with Gasteiger partial charge in [-0.25, -0.2) is 0 Å². The van der Waals surface area contributed by atoms with Crippen LogP contribution in [0.25, 0.3) is 11.2 Å². The summed E-state index contributed by atoms with van der Waals surface area (Å²) in [6, 6.07) is 10.6. The molecule has 0 saturated carbocycles. The molecule has 9 nitrogen and oxygen atoms in total. The Balaban J connectivity index is 1.37. The van der Waals surface area contributed by atoms with Crippen molar-refractivity contribution in [2.75, 3.05) is 13.2 Å². The predicted octanol–water partition coefficient (Wildman–Crippen LogP) is 2.18. The first-order valence-electron chi connectivity index (χ1n) is 8.93. The van der Waals surface area contributed by atoms with E-state index in [4.69, 9.17) is 35.8 Å². The van der Waals surface area contributed by atoms with Gasteiger partial charge in [-0.3, -0.25) is 0 Å². The lowest BCUT2D eigenvalue weighted by molar-refractivity contribution is 0.00706. The summed E-state index contributed by atoms with van der Waals surface area (Å²) in [5, 5.41) is 19.1. The molecule has 0 aliphatic carbocycles. The highest BCUT2D eigenvalue weighted by Gasteiger charge is 2.48. The van der Waals surface area contributed by atoms with Crippen LogP contribution in [0.4, 0.5) is 0 Å². The van der Waals surface area contributed by atoms with E-state index in [0.29, 0.717) is 29.1 Å². The Hall–Kier alpha value is -2.90. The van der Waals surface area contributed by atoms with E-state index in [-0.39, 0.29) is 35.7 Å². The molecule has 0 amide bonds. The average Bonchev–Trinajstić information content (AvgIpc) is 3.40. The van der Waals surface area contributed by atoms with E-state index < -0.39 is 12.2 Å². The summed E-state index contributed by atoms with van der Waals surface area (Å²) in [5.41, 5.74) is 1.40. The number of fused-ring (bicyclic) bond motifs is 2. The van der Waals surface area contributed by atoms with Crippen molar-refractivity contribution in [1.82, 2.24) is 15.0 Å². The maximum Gasteiger partial charge on any atom is 0.296 e. The van der Waals surface area contributed by atoms with Gasteiger partial charge >= 0.3 is 0 Å². The maximum atomic E-state index is 9.83. The van der Waals surface area contributed by atoms with E-state index >= 15 is 0 Å². The summed E-state index contributed by atoms with van der Waals surface area (Å²) in [6.45, 7) is 0.515. The summed E-state index contributed by atoms with van der Waals surface area (Å²) < 4.78 is 22.7. The number of nitrogens with zero attached hydrogens (tertiary/aromatic N) is 3. The third-order valence-corrected chi connectivity index (χ3v) is 5.07. The molecule has 2 aliphatic heterocycles. The summed E-state index contributed by atoms with van der Waals surface area (Å²) in [7, 11) is 0. The fourth-order valence-electron chi connectivity index (χ4n) is 3.44. The van der Waals surface area contributed by atoms with E-state index in [1.54, 1.807) is 30.3 Å². The Kier molecular flexibility index (Phi) is 4.49. The lowest BCUT2D eigenvalue weighted by Crippen LogP contribution is -2.34. The smallest absolute Gasteiger partial charge is 0.296 e. The number of aliphatic hydroxyl groups is 1. The number of imidazole rings is 1. The van der Waals surface area contributed by atoms with Gasteiger partial charge in [-0.2, -0.15) is 15.2 Å². The van der Waals surface area contributed by atoms with Gasteiger partial charge in [-0.1, -0.05) is 17.7 Å². The van der Waals surface area contributed by atoms with Crippen LogP contribution in [-0.2, 0) is 9.47 Å². The van der Waals surface area contributed by atoms with Crippen molar-refractivity contribution in [3.05, 3.63) is 40.9 Å². The average molecular weight is 415 g/mol. The second-order valence-corrected chi connectivity index (χ2v) is 7.16. The van der Waals surface area contributed by atoms with Crippen molar-refractivity contribution in [3.8, 4) is 23.7 Å². The zero-order valence-electron chi connectivity index (χ0n) is 14.9. The minimum atomic E-state index is -0.649. The van der Waals surface area contributed by atoms with E-state index in [9.17, 15) is 5.11 Å². The number of aliphatic hydroxyl groups excluding tert-OH is 1. The normalized spacial score (nSPS) is 25.7. The molecule has 3 aromatic rings. The van der Waals surface area contributed by atoms with E-state index in [1.165, 1.54) is 0 Å². The minimum absolute atomic E-state index is 0.166. The summed E-state index contributed by atoms with van der Waals surface area (Å²) in [4.78, 5) is 11.7. The minimum Gasteiger partial charge on any atom is -0.456 e. The van der Waals surface area contributed by atoms with Crippen LogP contribution < -0.4 is 9.47 Å². The number of rotatable bonds is 4. The highest BCUT2D eigenvalue weighted by atomic mass is 35.5. The molecule has 0 bridgehead atoms. The predicted molar refractivity (Wildman–Crippen MR) is 100 cm³/mol. The van der Waals surface area contributed by atoms with E-state index in [1.807, 2.05) is 0 Å². The van der Waals surface area contributed by atoms with Gasteiger partial charge in [0.2, 0.25) is 5.88 Å². The fourth-order valence-corrected chi connectivity index (χ4v) is 3.63.